The van der Waals surface area contributed by atoms with E-state index in [-0.39, 0.29) is 5.75 Å². The van der Waals surface area contributed by atoms with Crippen LogP contribution in [-0.4, -0.2) is 55.5 Å². The number of nitrogens with one attached hydrogen (secondary N) is 1. The van der Waals surface area contributed by atoms with Gasteiger partial charge >= 0.3 is 0 Å². The highest BCUT2D eigenvalue weighted by molar-refractivity contribution is 5.80. The monoisotopic (exact) mass is 352 g/mol. The summed E-state index contributed by atoms with van der Waals surface area (Å²) < 4.78 is 1.77. The summed E-state index contributed by atoms with van der Waals surface area (Å²) in [4.78, 5) is 2.44. The van der Waals surface area contributed by atoms with Gasteiger partial charge in [-0.25, -0.2) is 0 Å². The molecule has 3 aromatic rings. The van der Waals surface area contributed by atoms with Crippen molar-refractivity contribution in [2.24, 2.45) is 0 Å². The van der Waals surface area contributed by atoms with Gasteiger partial charge in [-0.3, -0.25) is 0 Å². The molecule has 1 atom stereocenters. The quantitative estimate of drug-likeness (QED) is 0.752. The molecule has 2 aromatic heterocycles. The Morgan fingerprint density at radius 1 is 1.27 bits per heavy atom. The minimum Gasteiger partial charge on any atom is -0.507 e. The van der Waals surface area contributed by atoms with Crippen molar-refractivity contribution < 1.29 is 5.11 Å². The van der Waals surface area contributed by atoms with Gasteiger partial charge in [0.1, 0.15) is 11.4 Å². The van der Waals surface area contributed by atoms with E-state index in [9.17, 15) is 5.11 Å². The van der Waals surface area contributed by atoms with Gasteiger partial charge in [-0.05, 0) is 56.6 Å². The van der Waals surface area contributed by atoms with Gasteiger partial charge < -0.3 is 15.3 Å². The van der Waals surface area contributed by atoms with Gasteiger partial charge in [0, 0.05) is 18.2 Å². The molecule has 1 aromatic carbocycles. The maximum Gasteiger partial charge on any atom is 0.244 e. The van der Waals surface area contributed by atoms with Gasteiger partial charge in [0.05, 0.1) is 11.7 Å². The maximum atomic E-state index is 10.3. The number of rotatable bonds is 4. The van der Waals surface area contributed by atoms with Crippen LogP contribution in [0.2, 0.25) is 0 Å². The molecule has 1 aliphatic rings. The number of likely N-dealkylation sites (N-methyl/N-ethyl adjacent to an activating group) is 1. The van der Waals surface area contributed by atoms with E-state index in [2.05, 4.69) is 32.4 Å². The van der Waals surface area contributed by atoms with Gasteiger partial charge in [0.15, 0.2) is 0 Å². The number of piperidine rings is 1. The van der Waals surface area contributed by atoms with Crippen molar-refractivity contribution in [3.05, 3.63) is 36.0 Å². The molecule has 3 heterocycles. The minimum absolute atomic E-state index is 0.203. The Balaban J connectivity index is 1.68. The lowest BCUT2D eigenvalue weighted by Gasteiger charge is -2.32. The third kappa shape index (κ3) is 3.10. The van der Waals surface area contributed by atoms with Crippen LogP contribution in [0.25, 0.3) is 16.8 Å². The van der Waals surface area contributed by atoms with E-state index < -0.39 is 0 Å². The van der Waals surface area contributed by atoms with Crippen molar-refractivity contribution >= 4 is 11.5 Å². The SMILES string of the molecule is CCN1CCC[C@@H](Nc2nnc(-c3ccc(C)cc3O)c3ccnn23)C1. The van der Waals surface area contributed by atoms with Gasteiger partial charge in [0.2, 0.25) is 5.95 Å². The fourth-order valence-electron chi connectivity index (χ4n) is 3.61. The average Bonchev–Trinajstić information content (AvgIpc) is 3.13. The van der Waals surface area contributed by atoms with E-state index in [0.717, 1.165) is 37.1 Å². The van der Waals surface area contributed by atoms with Crippen molar-refractivity contribution in [3.63, 3.8) is 0 Å². The largest absolute Gasteiger partial charge is 0.507 e. The first-order valence-corrected chi connectivity index (χ1v) is 9.15. The molecule has 1 fully saturated rings. The first-order chi connectivity index (χ1) is 12.7. The van der Waals surface area contributed by atoms with Crippen molar-refractivity contribution in [1.29, 1.82) is 0 Å². The van der Waals surface area contributed by atoms with Crippen LogP contribution in [0.4, 0.5) is 5.95 Å². The Morgan fingerprint density at radius 3 is 2.96 bits per heavy atom. The molecule has 0 bridgehead atoms. The lowest BCUT2D eigenvalue weighted by atomic mass is 10.1. The number of aromatic nitrogens is 4. The van der Waals surface area contributed by atoms with Crippen LogP contribution in [-0.2, 0) is 0 Å². The number of hydrogen-bond acceptors (Lipinski definition) is 6. The topological polar surface area (TPSA) is 78.6 Å². The molecule has 0 unspecified atom stereocenters. The maximum absolute atomic E-state index is 10.3. The molecule has 26 heavy (non-hydrogen) atoms. The molecule has 0 amide bonds. The lowest BCUT2D eigenvalue weighted by molar-refractivity contribution is 0.226. The number of phenols is 1. The second-order valence-corrected chi connectivity index (χ2v) is 6.90. The van der Waals surface area contributed by atoms with Crippen LogP contribution in [0.3, 0.4) is 0 Å². The molecule has 136 valence electrons. The molecule has 0 saturated carbocycles. The lowest BCUT2D eigenvalue weighted by Crippen LogP contribution is -2.42. The molecule has 0 spiro atoms. The predicted octanol–water partition coefficient (Wildman–Crippen LogP) is 2.70. The summed E-state index contributed by atoms with van der Waals surface area (Å²) in [5, 5.41) is 27.0. The number of hydrogen-bond donors (Lipinski definition) is 2. The molecular weight excluding hydrogens is 328 g/mol. The number of nitrogens with zero attached hydrogens (tertiary/aromatic N) is 5. The third-order valence-corrected chi connectivity index (χ3v) is 5.02. The van der Waals surface area contributed by atoms with E-state index in [1.165, 1.54) is 6.42 Å². The fraction of sp³-hybridized carbons (Fsp3) is 0.421. The number of fused-ring (bicyclic) bond motifs is 1. The van der Waals surface area contributed by atoms with Crippen molar-refractivity contribution in [1.82, 2.24) is 24.7 Å². The van der Waals surface area contributed by atoms with Gasteiger partial charge in [-0.15, -0.1) is 10.2 Å². The molecular formula is C19H24N6O. The van der Waals surface area contributed by atoms with Crippen LogP contribution >= 0.6 is 0 Å². The highest BCUT2D eigenvalue weighted by Crippen LogP contribution is 2.31. The molecule has 1 saturated heterocycles. The summed E-state index contributed by atoms with van der Waals surface area (Å²) >= 11 is 0. The Bertz CT molecular complexity index is 922. The van der Waals surface area contributed by atoms with E-state index >= 15 is 0 Å². The Kier molecular flexibility index (Phi) is 4.46. The highest BCUT2D eigenvalue weighted by atomic mass is 16.3. The zero-order valence-electron chi connectivity index (χ0n) is 15.2. The van der Waals surface area contributed by atoms with Crippen LogP contribution in [0, 0.1) is 6.92 Å². The first kappa shape index (κ1) is 16.8. The second kappa shape index (κ2) is 6.92. The Labute approximate surface area is 152 Å². The molecule has 2 N–H and O–H groups in total. The average molecular weight is 352 g/mol. The predicted molar refractivity (Wildman–Crippen MR) is 101 cm³/mol. The summed E-state index contributed by atoms with van der Waals surface area (Å²) in [5.74, 6) is 0.845. The summed E-state index contributed by atoms with van der Waals surface area (Å²) in [6.07, 6.45) is 4.02. The van der Waals surface area contributed by atoms with E-state index in [0.29, 0.717) is 23.2 Å². The van der Waals surface area contributed by atoms with Crippen LogP contribution in [0.5, 0.6) is 5.75 Å². The zero-order valence-corrected chi connectivity index (χ0v) is 15.2. The smallest absolute Gasteiger partial charge is 0.244 e. The number of benzene rings is 1. The Morgan fingerprint density at radius 2 is 2.15 bits per heavy atom. The highest BCUT2D eigenvalue weighted by Gasteiger charge is 2.21. The van der Waals surface area contributed by atoms with E-state index in [1.807, 2.05) is 25.1 Å². The normalized spacial score (nSPS) is 18.3. The Hall–Kier alpha value is -2.67. The third-order valence-electron chi connectivity index (χ3n) is 5.02. The number of phenolic OH excluding ortho intramolecular Hbond substituents is 1. The molecule has 7 nitrogen and oxygen atoms in total. The minimum atomic E-state index is 0.203. The van der Waals surface area contributed by atoms with Crippen molar-refractivity contribution in [2.45, 2.75) is 32.7 Å². The second-order valence-electron chi connectivity index (χ2n) is 6.90. The van der Waals surface area contributed by atoms with E-state index in [1.54, 1.807) is 16.8 Å². The standard InChI is InChI=1S/C19H24N6O/c1-3-24-10-4-5-14(12-24)21-19-23-22-18(16-8-9-20-25(16)19)15-7-6-13(2)11-17(15)26/h6-9,11,14,26H,3-5,10,12H2,1-2H3,(H,21,23)/t14-/m1/s1. The van der Waals surface area contributed by atoms with Crippen LogP contribution in [0.15, 0.2) is 30.5 Å². The number of aromatic hydroxyl groups is 1. The summed E-state index contributed by atoms with van der Waals surface area (Å²) in [6.45, 7) is 7.36. The van der Waals surface area contributed by atoms with Crippen molar-refractivity contribution in [2.75, 3.05) is 25.0 Å². The molecule has 0 radical (unpaired) electrons. The molecule has 0 aliphatic carbocycles. The summed E-state index contributed by atoms with van der Waals surface area (Å²) in [7, 11) is 0. The fourth-order valence-corrected chi connectivity index (χ4v) is 3.61. The van der Waals surface area contributed by atoms with Gasteiger partial charge in [0.25, 0.3) is 0 Å². The van der Waals surface area contributed by atoms with E-state index in [4.69, 9.17) is 0 Å². The summed E-state index contributed by atoms with van der Waals surface area (Å²) in [6, 6.07) is 7.79. The molecule has 4 rings (SSSR count). The number of aryl methyl sites for hydroxylation is 1. The molecule has 7 heteroatoms. The van der Waals surface area contributed by atoms with Gasteiger partial charge in [-0.1, -0.05) is 13.0 Å². The number of likely N-dealkylation sites (tertiary alicyclic amines) is 1. The van der Waals surface area contributed by atoms with Crippen molar-refractivity contribution in [3.8, 4) is 17.0 Å². The van der Waals surface area contributed by atoms with Crippen LogP contribution < -0.4 is 5.32 Å². The first-order valence-electron chi connectivity index (χ1n) is 9.15. The zero-order chi connectivity index (χ0) is 18.1. The van der Waals surface area contributed by atoms with Crippen LogP contribution in [0.1, 0.15) is 25.3 Å². The summed E-state index contributed by atoms with van der Waals surface area (Å²) in [5.41, 5.74) is 3.11. The van der Waals surface area contributed by atoms with Gasteiger partial charge in [-0.2, -0.15) is 9.61 Å². The molecule has 1 aliphatic heterocycles. The number of anilines is 1.